The van der Waals surface area contributed by atoms with Crippen LogP contribution in [0.1, 0.15) is 58.8 Å². The summed E-state index contributed by atoms with van der Waals surface area (Å²) < 4.78 is 26.0. The Balaban J connectivity index is 1.32. The number of nitrogens with one attached hydrogen (secondary N) is 1. The van der Waals surface area contributed by atoms with E-state index in [0.29, 0.717) is 10.5 Å². The van der Waals surface area contributed by atoms with E-state index in [2.05, 4.69) is 5.32 Å². The number of hydrogen-bond acceptors (Lipinski definition) is 9. The maximum Gasteiger partial charge on any atom is 0.338 e. The smallest absolute Gasteiger partial charge is 0.338 e. The first-order valence-corrected chi connectivity index (χ1v) is 18.1. The van der Waals surface area contributed by atoms with Crippen LogP contribution in [0, 0.1) is 6.92 Å². The van der Waals surface area contributed by atoms with Crippen molar-refractivity contribution >= 4 is 46.3 Å². The summed E-state index contributed by atoms with van der Waals surface area (Å²) in [4.78, 5) is 68.3. The second kappa shape index (κ2) is 16.8. The average molecular weight is 771 g/mol. The molecule has 0 radical (unpaired) electrons. The van der Waals surface area contributed by atoms with Gasteiger partial charge in [0.2, 0.25) is 5.43 Å². The fourth-order valence-corrected chi connectivity index (χ4v) is 6.53. The number of nitrogens with zero attached hydrogens (tertiary/aromatic N) is 1. The van der Waals surface area contributed by atoms with Crippen molar-refractivity contribution in [3.05, 3.63) is 188 Å². The fourth-order valence-electron chi connectivity index (χ4n) is 6.40. The molecule has 2 heterocycles. The van der Waals surface area contributed by atoms with Gasteiger partial charge in [0.15, 0.2) is 18.4 Å². The molecule has 1 aliphatic rings. The minimum Gasteiger partial charge on any atom is -0.459 e. The molecule has 1 aromatic heterocycles. The normalized spacial score (nSPS) is 17.5. The number of carbonyl (C=O) groups is 4. The summed E-state index contributed by atoms with van der Waals surface area (Å²) in [5.74, 6) is -2.83. The van der Waals surface area contributed by atoms with Crippen molar-refractivity contribution < 1.29 is 38.1 Å². The van der Waals surface area contributed by atoms with Crippen molar-refractivity contribution in [2.24, 2.45) is 0 Å². The van der Waals surface area contributed by atoms with E-state index in [1.807, 2.05) is 6.92 Å². The molecular weight excluding hydrogens is 736 g/mol. The van der Waals surface area contributed by atoms with Crippen LogP contribution in [-0.4, -0.2) is 53.3 Å². The lowest BCUT2D eigenvalue weighted by Gasteiger charge is -2.26. The minimum atomic E-state index is -1.38. The van der Waals surface area contributed by atoms with Crippen LogP contribution in [0.2, 0.25) is 5.02 Å². The van der Waals surface area contributed by atoms with E-state index in [4.69, 9.17) is 30.5 Å². The molecule has 1 N–H and O–H groups in total. The molecule has 1 fully saturated rings. The Hall–Kier alpha value is -6.56. The maximum absolute atomic E-state index is 14.0. The Morgan fingerprint density at radius 2 is 1.27 bits per heavy atom. The van der Waals surface area contributed by atoms with E-state index < -0.39 is 60.4 Å². The van der Waals surface area contributed by atoms with Gasteiger partial charge in [-0.25, -0.2) is 14.4 Å². The predicted molar refractivity (Wildman–Crippen MR) is 207 cm³/mol. The number of pyridine rings is 1. The number of benzene rings is 5. The molecule has 0 bridgehead atoms. The molecule has 11 nitrogen and oxygen atoms in total. The second-order valence-corrected chi connectivity index (χ2v) is 13.5. The SMILES string of the molecule is Cc1ccc2c(c1)c(=O)c(C(=O)NCc1ccc(Cl)cc1)cn2[C@@H]1O[C@H](COC(=O)c2ccccc2)[C@@H](OC(=O)c2ccccc2)[C@H]1OC(=O)c1ccccc1. The highest BCUT2D eigenvalue weighted by atomic mass is 35.5. The molecule has 1 amide bonds. The Morgan fingerprint density at radius 1 is 0.714 bits per heavy atom. The van der Waals surface area contributed by atoms with Crippen LogP contribution in [0.5, 0.6) is 0 Å². The van der Waals surface area contributed by atoms with Crippen molar-refractivity contribution in [1.29, 1.82) is 0 Å². The zero-order chi connectivity index (χ0) is 39.2. The summed E-state index contributed by atoms with van der Waals surface area (Å²) in [5.41, 5.74) is 1.80. The largest absolute Gasteiger partial charge is 0.459 e. The van der Waals surface area contributed by atoms with E-state index in [0.717, 1.165) is 11.1 Å². The molecular formula is C44H35ClN2O9. The first-order valence-electron chi connectivity index (χ1n) is 17.7. The van der Waals surface area contributed by atoms with Crippen molar-refractivity contribution in [3.8, 4) is 0 Å². The first-order chi connectivity index (χ1) is 27.2. The number of ether oxygens (including phenoxy) is 4. The van der Waals surface area contributed by atoms with E-state index in [-0.39, 0.29) is 34.2 Å². The van der Waals surface area contributed by atoms with Gasteiger partial charge in [-0.05, 0) is 73.2 Å². The highest BCUT2D eigenvalue weighted by Crippen LogP contribution is 2.37. The Labute approximate surface area is 326 Å². The third-order valence-corrected chi connectivity index (χ3v) is 9.50. The van der Waals surface area contributed by atoms with Crippen molar-refractivity contribution in [3.63, 3.8) is 0 Å². The molecule has 1 saturated heterocycles. The summed E-state index contributed by atoms with van der Waals surface area (Å²) in [7, 11) is 0. The Morgan fingerprint density at radius 3 is 1.86 bits per heavy atom. The number of amides is 1. The van der Waals surface area contributed by atoms with Crippen LogP contribution in [0.15, 0.2) is 144 Å². The van der Waals surface area contributed by atoms with Crippen LogP contribution < -0.4 is 10.7 Å². The van der Waals surface area contributed by atoms with Crippen LogP contribution >= 0.6 is 11.6 Å². The average Bonchev–Trinajstić information content (AvgIpc) is 3.56. The molecule has 0 spiro atoms. The summed E-state index contributed by atoms with van der Waals surface area (Å²) in [5, 5.41) is 3.53. The summed E-state index contributed by atoms with van der Waals surface area (Å²) in [6.07, 6.45) is -3.88. The van der Waals surface area contributed by atoms with E-state index in [1.165, 1.54) is 10.8 Å². The zero-order valence-electron chi connectivity index (χ0n) is 30.0. The van der Waals surface area contributed by atoms with Gasteiger partial charge in [0.25, 0.3) is 5.91 Å². The number of halogens is 1. The lowest BCUT2D eigenvalue weighted by molar-refractivity contribution is -0.0605. The Kier molecular flexibility index (Phi) is 11.4. The topological polar surface area (TPSA) is 139 Å². The molecule has 0 saturated carbocycles. The third-order valence-electron chi connectivity index (χ3n) is 9.25. The van der Waals surface area contributed by atoms with Crippen LogP contribution in [-0.2, 0) is 25.5 Å². The van der Waals surface area contributed by atoms with Crippen LogP contribution in [0.4, 0.5) is 0 Å². The van der Waals surface area contributed by atoms with Gasteiger partial charge in [-0.15, -0.1) is 0 Å². The van der Waals surface area contributed by atoms with E-state index >= 15 is 0 Å². The molecule has 0 aliphatic carbocycles. The summed E-state index contributed by atoms with van der Waals surface area (Å²) in [6.45, 7) is 1.50. The molecule has 56 heavy (non-hydrogen) atoms. The molecule has 6 aromatic rings. The molecule has 282 valence electrons. The Bertz CT molecular complexity index is 2440. The van der Waals surface area contributed by atoms with E-state index in [1.54, 1.807) is 133 Å². The van der Waals surface area contributed by atoms with Gasteiger partial charge in [-0.3, -0.25) is 9.59 Å². The van der Waals surface area contributed by atoms with Gasteiger partial charge in [-0.1, -0.05) is 90.0 Å². The molecule has 4 atom stereocenters. The summed E-state index contributed by atoms with van der Waals surface area (Å²) >= 11 is 6.03. The van der Waals surface area contributed by atoms with Gasteiger partial charge in [0.05, 0.1) is 22.2 Å². The molecule has 5 aromatic carbocycles. The lowest BCUT2D eigenvalue weighted by Crippen LogP contribution is -2.41. The number of fused-ring (bicyclic) bond motifs is 1. The number of esters is 3. The number of aromatic nitrogens is 1. The fraction of sp³-hybridized carbons (Fsp3) is 0.159. The maximum atomic E-state index is 14.0. The van der Waals surface area contributed by atoms with Gasteiger partial charge in [0.1, 0.15) is 18.3 Å². The molecule has 0 unspecified atom stereocenters. The number of carbonyl (C=O) groups excluding carboxylic acids is 4. The molecule has 1 aliphatic heterocycles. The highest BCUT2D eigenvalue weighted by molar-refractivity contribution is 6.30. The first kappa shape index (κ1) is 37.7. The van der Waals surface area contributed by atoms with E-state index in [9.17, 15) is 24.0 Å². The van der Waals surface area contributed by atoms with Crippen LogP contribution in [0.25, 0.3) is 10.9 Å². The molecule has 7 rings (SSSR count). The predicted octanol–water partition coefficient (Wildman–Crippen LogP) is 7.10. The quantitative estimate of drug-likeness (QED) is 0.108. The van der Waals surface area contributed by atoms with Gasteiger partial charge in [0, 0.05) is 23.2 Å². The van der Waals surface area contributed by atoms with Gasteiger partial charge >= 0.3 is 17.9 Å². The van der Waals surface area contributed by atoms with Crippen molar-refractivity contribution in [1.82, 2.24) is 9.88 Å². The van der Waals surface area contributed by atoms with Crippen molar-refractivity contribution in [2.45, 2.75) is 38.0 Å². The minimum absolute atomic E-state index is 0.102. The van der Waals surface area contributed by atoms with Gasteiger partial charge in [-0.2, -0.15) is 0 Å². The monoisotopic (exact) mass is 770 g/mol. The standard InChI is InChI=1S/C44H35ClN2O9/c1-27-17-22-35-33(23-27)37(48)34(40(49)46-24-28-18-20-32(45)21-19-28)25-47(35)41-39(56-44(52)31-15-9-4-10-16-31)38(55-43(51)30-13-7-3-8-14-30)36(54-41)26-53-42(50)29-11-5-2-6-12-29/h2-23,25,36,38-39,41H,24,26H2,1H3,(H,46,49)/t36-,38-,39-,41-/m1/s1. The lowest BCUT2D eigenvalue weighted by atomic mass is 10.1. The third kappa shape index (κ3) is 8.39. The number of aryl methyl sites for hydroxylation is 1. The zero-order valence-corrected chi connectivity index (χ0v) is 30.8. The number of hydrogen-bond donors (Lipinski definition) is 1. The van der Waals surface area contributed by atoms with Crippen LogP contribution in [0.3, 0.4) is 0 Å². The van der Waals surface area contributed by atoms with Crippen molar-refractivity contribution in [2.75, 3.05) is 6.61 Å². The van der Waals surface area contributed by atoms with Gasteiger partial charge < -0.3 is 28.8 Å². The summed E-state index contributed by atoms with van der Waals surface area (Å²) in [6, 6.07) is 36.8. The number of rotatable bonds is 11. The second-order valence-electron chi connectivity index (χ2n) is 13.1. The highest BCUT2D eigenvalue weighted by Gasteiger charge is 2.51. The molecule has 12 heteroatoms.